The predicted molar refractivity (Wildman–Crippen MR) is 79.6 cm³/mol. The summed E-state index contributed by atoms with van der Waals surface area (Å²) >= 11 is 0. The number of hydrogen-bond acceptors (Lipinski definition) is 2. The number of benzene rings is 1. The van der Waals surface area contributed by atoms with Crippen molar-refractivity contribution in [1.82, 2.24) is 4.90 Å². The van der Waals surface area contributed by atoms with Gasteiger partial charge in [-0.2, -0.15) is 0 Å². The van der Waals surface area contributed by atoms with E-state index in [1.807, 2.05) is 37.1 Å². The van der Waals surface area contributed by atoms with Crippen LogP contribution in [0.3, 0.4) is 0 Å². The summed E-state index contributed by atoms with van der Waals surface area (Å²) in [5.74, 6) is 0.835. The Hall–Kier alpha value is -1.51. The summed E-state index contributed by atoms with van der Waals surface area (Å²) in [6, 6.07) is 6.25. The van der Waals surface area contributed by atoms with Crippen molar-refractivity contribution in [2.24, 2.45) is 5.92 Å². The van der Waals surface area contributed by atoms with Crippen LogP contribution in [0.1, 0.15) is 42.6 Å². The van der Waals surface area contributed by atoms with Crippen LogP contribution in [0.25, 0.3) is 0 Å². The zero-order chi connectivity index (χ0) is 14.0. The maximum Gasteiger partial charge on any atom is 0.253 e. The van der Waals surface area contributed by atoms with E-state index in [2.05, 4.69) is 19.2 Å². The summed E-state index contributed by atoms with van der Waals surface area (Å²) in [4.78, 5) is 14.3. The van der Waals surface area contributed by atoms with Crippen molar-refractivity contribution in [2.45, 2.75) is 39.7 Å². The van der Waals surface area contributed by atoms with Crippen LogP contribution in [-0.2, 0) is 0 Å². The quantitative estimate of drug-likeness (QED) is 0.881. The van der Waals surface area contributed by atoms with E-state index >= 15 is 0 Å². The van der Waals surface area contributed by atoms with Crippen molar-refractivity contribution in [1.29, 1.82) is 0 Å². The Morgan fingerprint density at radius 3 is 2.68 bits per heavy atom. The Kier molecular flexibility index (Phi) is 4.13. The number of amides is 1. The van der Waals surface area contributed by atoms with Gasteiger partial charge in [0, 0.05) is 30.9 Å². The molecule has 0 aromatic heterocycles. The number of carbonyl (C=O) groups is 1. The van der Waals surface area contributed by atoms with Gasteiger partial charge in [0.15, 0.2) is 0 Å². The van der Waals surface area contributed by atoms with Gasteiger partial charge in [-0.25, -0.2) is 0 Å². The zero-order valence-electron chi connectivity index (χ0n) is 12.4. The molecule has 2 rings (SSSR count). The van der Waals surface area contributed by atoms with Gasteiger partial charge in [-0.3, -0.25) is 4.79 Å². The summed E-state index contributed by atoms with van der Waals surface area (Å²) in [5, 5.41) is 3.30. The summed E-state index contributed by atoms with van der Waals surface area (Å²) in [7, 11) is 1.92. The first kappa shape index (κ1) is 13.9. The van der Waals surface area contributed by atoms with E-state index in [0.717, 1.165) is 23.4 Å². The molecule has 1 aliphatic carbocycles. The number of hydrogen-bond donors (Lipinski definition) is 1. The second-order valence-corrected chi connectivity index (χ2v) is 5.55. The number of anilines is 1. The van der Waals surface area contributed by atoms with Gasteiger partial charge in [-0.15, -0.1) is 0 Å². The topological polar surface area (TPSA) is 32.3 Å². The fourth-order valence-corrected chi connectivity index (χ4v) is 2.47. The molecule has 1 atom stereocenters. The van der Waals surface area contributed by atoms with E-state index in [9.17, 15) is 4.79 Å². The molecule has 1 saturated carbocycles. The van der Waals surface area contributed by atoms with Crippen LogP contribution in [0.4, 0.5) is 5.69 Å². The molecule has 19 heavy (non-hydrogen) atoms. The minimum absolute atomic E-state index is 0.130. The Morgan fingerprint density at radius 1 is 1.47 bits per heavy atom. The van der Waals surface area contributed by atoms with Crippen LogP contribution in [0.5, 0.6) is 0 Å². The molecule has 1 unspecified atom stereocenters. The molecule has 1 amide bonds. The second-order valence-electron chi connectivity index (χ2n) is 5.55. The lowest BCUT2D eigenvalue weighted by atomic mass is 10.1. The van der Waals surface area contributed by atoms with Crippen LogP contribution in [0.15, 0.2) is 18.2 Å². The Labute approximate surface area is 116 Å². The van der Waals surface area contributed by atoms with Gasteiger partial charge in [0.2, 0.25) is 0 Å². The lowest BCUT2D eigenvalue weighted by Crippen LogP contribution is -2.36. The first-order valence-electron chi connectivity index (χ1n) is 7.16. The third-order valence-corrected chi connectivity index (χ3v) is 4.08. The molecule has 1 aromatic carbocycles. The van der Waals surface area contributed by atoms with Gasteiger partial charge in [0.25, 0.3) is 5.91 Å². The molecular formula is C16H24N2O. The average Bonchev–Trinajstić information content (AvgIpc) is 3.23. The molecule has 0 bridgehead atoms. The van der Waals surface area contributed by atoms with E-state index in [-0.39, 0.29) is 5.91 Å². The SMILES string of the molecule is CCNc1ccc(C(=O)N(C)C(C)C2CC2)cc1C. The molecule has 0 spiro atoms. The van der Waals surface area contributed by atoms with Gasteiger partial charge in [0.1, 0.15) is 0 Å². The van der Waals surface area contributed by atoms with Crippen molar-refractivity contribution in [2.75, 3.05) is 18.9 Å². The first-order valence-corrected chi connectivity index (χ1v) is 7.16. The Morgan fingerprint density at radius 2 is 2.16 bits per heavy atom. The molecule has 1 fully saturated rings. The van der Waals surface area contributed by atoms with E-state index in [1.54, 1.807) is 0 Å². The molecule has 1 N–H and O–H groups in total. The van der Waals surface area contributed by atoms with Crippen molar-refractivity contribution >= 4 is 11.6 Å². The smallest absolute Gasteiger partial charge is 0.253 e. The standard InChI is InChI=1S/C16H24N2O/c1-5-17-15-9-8-14(10-11(15)2)16(19)18(4)12(3)13-6-7-13/h8-10,12-13,17H,5-7H2,1-4H3. The molecule has 1 aliphatic rings. The summed E-state index contributed by atoms with van der Waals surface area (Å²) in [6.45, 7) is 7.16. The fraction of sp³-hybridized carbons (Fsp3) is 0.562. The maximum atomic E-state index is 12.4. The normalized spacial score (nSPS) is 16.0. The highest BCUT2D eigenvalue weighted by Crippen LogP contribution is 2.35. The minimum Gasteiger partial charge on any atom is -0.385 e. The largest absolute Gasteiger partial charge is 0.385 e. The summed E-state index contributed by atoms with van der Waals surface area (Å²) in [5.41, 5.74) is 3.02. The number of carbonyl (C=O) groups excluding carboxylic acids is 1. The monoisotopic (exact) mass is 260 g/mol. The Balaban J connectivity index is 2.12. The summed E-state index contributed by atoms with van der Waals surface area (Å²) in [6.07, 6.45) is 2.52. The number of aryl methyl sites for hydroxylation is 1. The molecule has 0 saturated heterocycles. The molecule has 3 heteroatoms. The first-order chi connectivity index (χ1) is 9.04. The van der Waals surface area contributed by atoms with Crippen LogP contribution >= 0.6 is 0 Å². The highest BCUT2D eigenvalue weighted by Gasteiger charge is 2.32. The zero-order valence-corrected chi connectivity index (χ0v) is 12.4. The number of nitrogens with zero attached hydrogens (tertiary/aromatic N) is 1. The van der Waals surface area contributed by atoms with Gasteiger partial charge >= 0.3 is 0 Å². The third kappa shape index (κ3) is 3.09. The van der Waals surface area contributed by atoms with Crippen molar-refractivity contribution in [3.8, 4) is 0 Å². The fourth-order valence-electron chi connectivity index (χ4n) is 2.47. The van der Waals surface area contributed by atoms with Crippen LogP contribution in [0, 0.1) is 12.8 Å². The highest BCUT2D eigenvalue weighted by molar-refractivity contribution is 5.95. The lowest BCUT2D eigenvalue weighted by Gasteiger charge is -2.25. The van der Waals surface area contributed by atoms with Crippen molar-refractivity contribution in [3.05, 3.63) is 29.3 Å². The highest BCUT2D eigenvalue weighted by atomic mass is 16.2. The van der Waals surface area contributed by atoms with Crippen molar-refractivity contribution < 1.29 is 4.79 Å². The van der Waals surface area contributed by atoms with E-state index in [4.69, 9.17) is 0 Å². The van der Waals surface area contributed by atoms with E-state index in [1.165, 1.54) is 12.8 Å². The third-order valence-electron chi connectivity index (χ3n) is 4.08. The molecule has 1 aromatic rings. The van der Waals surface area contributed by atoms with Gasteiger partial charge in [-0.05, 0) is 63.3 Å². The van der Waals surface area contributed by atoms with Crippen LogP contribution in [-0.4, -0.2) is 30.4 Å². The molecule has 0 radical (unpaired) electrons. The molecule has 0 aliphatic heterocycles. The maximum absolute atomic E-state index is 12.4. The van der Waals surface area contributed by atoms with E-state index in [0.29, 0.717) is 12.0 Å². The molecule has 3 nitrogen and oxygen atoms in total. The molecule has 0 heterocycles. The van der Waals surface area contributed by atoms with Gasteiger partial charge in [-0.1, -0.05) is 0 Å². The minimum atomic E-state index is 0.130. The van der Waals surface area contributed by atoms with Crippen molar-refractivity contribution in [3.63, 3.8) is 0 Å². The predicted octanol–water partition coefficient (Wildman–Crippen LogP) is 3.30. The van der Waals surface area contributed by atoms with Crippen LogP contribution < -0.4 is 5.32 Å². The summed E-state index contributed by atoms with van der Waals surface area (Å²) < 4.78 is 0. The second kappa shape index (κ2) is 5.64. The number of rotatable bonds is 5. The van der Waals surface area contributed by atoms with Crippen LogP contribution in [0.2, 0.25) is 0 Å². The lowest BCUT2D eigenvalue weighted by molar-refractivity contribution is 0.0727. The molecule has 104 valence electrons. The van der Waals surface area contributed by atoms with Gasteiger partial charge in [0.05, 0.1) is 0 Å². The number of nitrogens with one attached hydrogen (secondary N) is 1. The Bertz CT molecular complexity index is 466. The van der Waals surface area contributed by atoms with Gasteiger partial charge < -0.3 is 10.2 Å². The average molecular weight is 260 g/mol. The molecular weight excluding hydrogens is 236 g/mol. The van der Waals surface area contributed by atoms with E-state index < -0.39 is 0 Å².